The SMILES string of the molecule is CNC(=O)CN(C)C(=O)NC(=Nc1ccc(OC2CCC2)cc1)N(C=O)Cc1ccc(Cl)cc1. The number of benzene rings is 2. The van der Waals surface area contributed by atoms with Gasteiger partial charge < -0.3 is 15.0 Å². The lowest BCUT2D eigenvalue weighted by molar-refractivity contribution is -0.121. The van der Waals surface area contributed by atoms with Crippen molar-refractivity contribution >= 4 is 41.6 Å². The number of rotatable bonds is 8. The Balaban J connectivity index is 1.81. The van der Waals surface area contributed by atoms with Crippen molar-refractivity contribution in [3.63, 3.8) is 0 Å². The lowest BCUT2D eigenvalue weighted by Gasteiger charge is -2.26. The van der Waals surface area contributed by atoms with E-state index < -0.39 is 6.03 Å². The minimum absolute atomic E-state index is 0.0198. The number of ether oxygens (including phenoxy) is 1. The van der Waals surface area contributed by atoms with Crippen molar-refractivity contribution in [2.75, 3.05) is 20.6 Å². The van der Waals surface area contributed by atoms with Crippen molar-refractivity contribution < 1.29 is 19.1 Å². The van der Waals surface area contributed by atoms with Crippen LogP contribution in [0.5, 0.6) is 5.75 Å². The number of carbonyl (C=O) groups excluding carboxylic acids is 3. The number of carbonyl (C=O) groups is 3. The Morgan fingerprint density at radius 1 is 1.15 bits per heavy atom. The standard InChI is InChI=1S/C24H28ClN5O4/c1-26-22(32)15-29(2)24(33)28-23(30(16-31)14-17-6-8-18(25)9-7-17)27-19-10-12-21(13-11-19)34-20-4-3-5-20/h6-13,16,20H,3-5,14-15H2,1-2H3,(H,26,32)(H,27,28,33). The number of aliphatic imine (C=N–C) groups is 1. The third-order valence-electron chi connectivity index (χ3n) is 5.32. The highest BCUT2D eigenvalue weighted by atomic mass is 35.5. The van der Waals surface area contributed by atoms with Crippen LogP contribution < -0.4 is 15.4 Å². The number of amides is 4. The zero-order valence-corrected chi connectivity index (χ0v) is 19.9. The van der Waals surface area contributed by atoms with Crippen molar-refractivity contribution in [2.24, 2.45) is 4.99 Å². The van der Waals surface area contributed by atoms with Gasteiger partial charge in [0, 0.05) is 19.1 Å². The maximum Gasteiger partial charge on any atom is 0.324 e. The summed E-state index contributed by atoms with van der Waals surface area (Å²) in [5.41, 5.74) is 1.31. The molecule has 0 aliphatic heterocycles. The number of urea groups is 1. The first-order chi connectivity index (χ1) is 16.4. The largest absolute Gasteiger partial charge is 0.490 e. The molecule has 1 saturated carbocycles. The molecule has 1 aliphatic rings. The molecule has 0 spiro atoms. The van der Waals surface area contributed by atoms with Crippen LogP contribution >= 0.6 is 11.6 Å². The van der Waals surface area contributed by atoms with Crippen LogP contribution in [-0.4, -0.2) is 60.9 Å². The normalized spacial score (nSPS) is 13.4. The van der Waals surface area contributed by atoms with Gasteiger partial charge in [0.1, 0.15) is 12.3 Å². The third kappa shape index (κ3) is 7.21. The average Bonchev–Trinajstić information content (AvgIpc) is 2.81. The molecule has 0 unspecified atom stereocenters. The Kier molecular flexibility index (Phi) is 8.86. The number of likely N-dealkylation sites (N-methyl/N-ethyl adjacent to an activating group) is 2. The van der Waals surface area contributed by atoms with Gasteiger partial charge in [0.25, 0.3) is 0 Å². The van der Waals surface area contributed by atoms with Crippen LogP contribution in [-0.2, 0) is 16.1 Å². The Morgan fingerprint density at radius 2 is 1.82 bits per heavy atom. The molecule has 0 atom stereocenters. The highest BCUT2D eigenvalue weighted by Gasteiger charge is 2.20. The molecule has 10 heteroatoms. The molecule has 34 heavy (non-hydrogen) atoms. The van der Waals surface area contributed by atoms with E-state index in [2.05, 4.69) is 15.6 Å². The molecular weight excluding hydrogens is 458 g/mol. The highest BCUT2D eigenvalue weighted by Crippen LogP contribution is 2.26. The molecular formula is C24H28ClN5O4. The van der Waals surface area contributed by atoms with Crippen LogP contribution in [0.15, 0.2) is 53.5 Å². The summed E-state index contributed by atoms with van der Waals surface area (Å²) in [6, 6.07) is 13.5. The monoisotopic (exact) mass is 485 g/mol. The molecule has 0 saturated heterocycles. The first-order valence-corrected chi connectivity index (χ1v) is 11.3. The first kappa shape index (κ1) is 25.0. The smallest absolute Gasteiger partial charge is 0.324 e. The lowest BCUT2D eigenvalue weighted by atomic mass is 9.96. The van der Waals surface area contributed by atoms with E-state index >= 15 is 0 Å². The van der Waals surface area contributed by atoms with E-state index in [4.69, 9.17) is 16.3 Å². The van der Waals surface area contributed by atoms with E-state index in [1.54, 1.807) is 48.5 Å². The molecule has 0 aromatic heterocycles. The molecule has 0 heterocycles. The van der Waals surface area contributed by atoms with Gasteiger partial charge in [0.15, 0.2) is 0 Å². The predicted octanol–water partition coefficient (Wildman–Crippen LogP) is 3.30. The van der Waals surface area contributed by atoms with Crippen LogP contribution in [0.4, 0.5) is 10.5 Å². The van der Waals surface area contributed by atoms with E-state index in [1.165, 1.54) is 30.3 Å². The molecule has 1 fully saturated rings. The molecule has 2 aromatic carbocycles. The number of halogens is 1. The zero-order valence-electron chi connectivity index (χ0n) is 19.2. The minimum atomic E-state index is -0.588. The van der Waals surface area contributed by atoms with Gasteiger partial charge >= 0.3 is 6.03 Å². The van der Waals surface area contributed by atoms with Gasteiger partial charge in [-0.25, -0.2) is 9.79 Å². The second-order valence-electron chi connectivity index (χ2n) is 7.92. The fourth-order valence-corrected chi connectivity index (χ4v) is 3.20. The van der Waals surface area contributed by atoms with Gasteiger partial charge in [-0.3, -0.25) is 19.8 Å². The summed E-state index contributed by atoms with van der Waals surface area (Å²) >= 11 is 5.95. The number of nitrogens with one attached hydrogen (secondary N) is 2. The third-order valence-corrected chi connectivity index (χ3v) is 5.57. The maximum atomic E-state index is 12.7. The van der Waals surface area contributed by atoms with Crippen molar-refractivity contribution in [3.8, 4) is 5.75 Å². The van der Waals surface area contributed by atoms with Crippen molar-refractivity contribution in [1.29, 1.82) is 0 Å². The Bertz CT molecular complexity index is 1020. The van der Waals surface area contributed by atoms with Crippen LogP contribution in [0.3, 0.4) is 0 Å². The second-order valence-corrected chi connectivity index (χ2v) is 8.36. The van der Waals surface area contributed by atoms with Gasteiger partial charge in [-0.05, 0) is 61.2 Å². The fraction of sp³-hybridized carbons (Fsp3) is 0.333. The van der Waals surface area contributed by atoms with E-state index in [0.29, 0.717) is 17.1 Å². The Labute approximate surface area is 203 Å². The number of guanidine groups is 1. The molecule has 2 aromatic rings. The lowest BCUT2D eigenvalue weighted by Crippen LogP contribution is -2.49. The van der Waals surface area contributed by atoms with Crippen molar-refractivity contribution in [3.05, 3.63) is 59.1 Å². The molecule has 4 amide bonds. The molecule has 3 rings (SSSR count). The number of hydrogen-bond acceptors (Lipinski definition) is 5. The Hall–Kier alpha value is -3.59. The molecule has 0 bridgehead atoms. The van der Waals surface area contributed by atoms with Crippen LogP contribution in [0.2, 0.25) is 5.02 Å². The molecule has 1 aliphatic carbocycles. The number of hydrogen-bond donors (Lipinski definition) is 2. The van der Waals surface area contributed by atoms with E-state index in [0.717, 1.165) is 24.2 Å². The Morgan fingerprint density at radius 3 is 2.38 bits per heavy atom. The minimum Gasteiger partial charge on any atom is -0.490 e. The predicted molar refractivity (Wildman–Crippen MR) is 130 cm³/mol. The van der Waals surface area contributed by atoms with Crippen molar-refractivity contribution in [1.82, 2.24) is 20.4 Å². The van der Waals surface area contributed by atoms with Crippen LogP contribution in [0.25, 0.3) is 0 Å². The van der Waals surface area contributed by atoms with Gasteiger partial charge in [0.05, 0.1) is 18.3 Å². The molecule has 2 N–H and O–H groups in total. The van der Waals surface area contributed by atoms with Crippen molar-refractivity contribution in [2.45, 2.75) is 31.9 Å². The highest BCUT2D eigenvalue weighted by molar-refractivity contribution is 6.30. The van der Waals surface area contributed by atoms with E-state index in [9.17, 15) is 14.4 Å². The number of nitrogens with zero attached hydrogens (tertiary/aromatic N) is 3. The molecule has 180 valence electrons. The molecule has 9 nitrogen and oxygen atoms in total. The summed E-state index contributed by atoms with van der Waals surface area (Å²) in [6.45, 7) is 0.00288. The first-order valence-electron chi connectivity index (χ1n) is 10.9. The molecule has 0 radical (unpaired) electrons. The summed E-state index contributed by atoms with van der Waals surface area (Å²) in [5, 5.41) is 5.67. The van der Waals surface area contributed by atoms with Gasteiger partial charge in [-0.15, -0.1) is 0 Å². The van der Waals surface area contributed by atoms with Gasteiger partial charge in [-0.2, -0.15) is 0 Å². The topological polar surface area (TPSA) is 103 Å². The van der Waals surface area contributed by atoms with Crippen LogP contribution in [0, 0.1) is 0 Å². The second kappa shape index (κ2) is 12.0. The van der Waals surface area contributed by atoms with Crippen LogP contribution in [0.1, 0.15) is 24.8 Å². The summed E-state index contributed by atoms with van der Waals surface area (Å²) in [4.78, 5) is 43.3. The quantitative estimate of drug-likeness (QED) is 0.340. The summed E-state index contributed by atoms with van der Waals surface area (Å²) in [7, 11) is 2.96. The fourth-order valence-electron chi connectivity index (χ4n) is 3.07. The maximum absolute atomic E-state index is 12.7. The average molecular weight is 486 g/mol. The van der Waals surface area contributed by atoms with E-state index in [-0.39, 0.29) is 31.1 Å². The van der Waals surface area contributed by atoms with Gasteiger partial charge in [0.2, 0.25) is 18.3 Å². The summed E-state index contributed by atoms with van der Waals surface area (Å²) in [5.74, 6) is 0.436. The van der Waals surface area contributed by atoms with E-state index in [1.807, 2.05) is 0 Å². The summed E-state index contributed by atoms with van der Waals surface area (Å²) < 4.78 is 5.87. The van der Waals surface area contributed by atoms with Gasteiger partial charge in [-0.1, -0.05) is 23.7 Å². The zero-order chi connectivity index (χ0) is 24.5. The summed E-state index contributed by atoms with van der Waals surface area (Å²) in [6.07, 6.45) is 4.13.